The number of nitrogens with zero attached hydrogens (tertiary/aromatic N) is 3. The molecule has 6 heteroatoms. The van der Waals surface area contributed by atoms with Gasteiger partial charge < -0.3 is 10.2 Å². The van der Waals surface area contributed by atoms with Crippen molar-refractivity contribution >= 4 is 22.4 Å². The first kappa shape index (κ1) is 14.8. The average molecular weight is 308 g/mol. The number of hydrogen-bond acceptors (Lipinski definition) is 5. The predicted molar refractivity (Wildman–Crippen MR) is 84.7 cm³/mol. The molecule has 0 aromatic carbocycles. The van der Waals surface area contributed by atoms with Crippen molar-refractivity contribution in [1.82, 2.24) is 15.5 Å². The van der Waals surface area contributed by atoms with Gasteiger partial charge in [0, 0.05) is 31.0 Å². The van der Waals surface area contributed by atoms with Crippen LogP contribution in [0.5, 0.6) is 0 Å². The summed E-state index contributed by atoms with van der Waals surface area (Å²) in [6.07, 6.45) is 5.39. The number of carbonyl (C=O) groups excluding carboxylic acids is 1. The normalized spacial score (nSPS) is 20.6. The Morgan fingerprint density at radius 1 is 1.24 bits per heavy atom. The van der Waals surface area contributed by atoms with E-state index < -0.39 is 0 Å². The average Bonchev–Trinajstić information content (AvgIpc) is 2.87. The molecule has 1 aromatic rings. The Morgan fingerprint density at radius 2 is 1.95 bits per heavy atom. The zero-order valence-electron chi connectivity index (χ0n) is 12.8. The number of nitrogens with one attached hydrogen (secondary N) is 1. The highest BCUT2D eigenvalue weighted by Crippen LogP contribution is 2.29. The van der Waals surface area contributed by atoms with E-state index in [1.54, 1.807) is 11.3 Å². The molecule has 1 amide bonds. The van der Waals surface area contributed by atoms with Crippen molar-refractivity contribution in [2.75, 3.05) is 18.0 Å². The van der Waals surface area contributed by atoms with Gasteiger partial charge in [-0.3, -0.25) is 4.79 Å². The summed E-state index contributed by atoms with van der Waals surface area (Å²) in [5, 5.41) is 13.9. The molecule has 2 fully saturated rings. The molecule has 5 nitrogen and oxygen atoms in total. The van der Waals surface area contributed by atoms with Gasteiger partial charge in [0.2, 0.25) is 11.0 Å². The second kappa shape index (κ2) is 6.30. The fourth-order valence-electron chi connectivity index (χ4n) is 2.79. The maximum Gasteiger partial charge on any atom is 0.223 e. The lowest BCUT2D eigenvalue weighted by atomic mass is 9.84. The van der Waals surface area contributed by atoms with Gasteiger partial charge in [0.15, 0.2) is 0 Å². The lowest BCUT2D eigenvalue weighted by Gasteiger charge is -2.33. The molecule has 2 aliphatic rings. The van der Waals surface area contributed by atoms with Gasteiger partial charge in [-0.25, -0.2) is 0 Å². The van der Waals surface area contributed by atoms with Crippen molar-refractivity contribution in [3.63, 3.8) is 0 Å². The zero-order chi connectivity index (χ0) is 14.8. The highest BCUT2D eigenvalue weighted by Gasteiger charge is 2.29. The van der Waals surface area contributed by atoms with Gasteiger partial charge in [0.05, 0.1) is 0 Å². The molecule has 1 aromatic heterocycles. The highest BCUT2D eigenvalue weighted by molar-refractivity contribution is 7.15. The fraction of sp³-hybridized carbons (Fsp3) is 0.800. The molecule has 0 bridgehead atoms. The van der Waals surface area contributed by atoms with Crippen molar-refractivity contribution < 1.29 is 4.79 Å². The van der Waals surface area contributed by atoms with Gasteiger partial charge in [-0.05, 0) is 25.7 Å². The van der Waals surface area contributed by atoms with E-state index in [4.69, 9.17) is 0 Å². The van der Waals surface area contributed by atoms with Crippen LogP contribution in [-0.2, 0) is 4.79 Å². The number of rotatable bonds is 4. The minimum atomic E-state index is 0.276. The molecule has 1 saturated carbocycles. The summed E-state index contributed by atoms with van der Waals surface area (Å²) in [5.74, 6) is 1.01. The number of piperidine rings is 1. The molecular formula is C15H24N4OS. The SMILES string of the molecule is CC(C)c1nnc(N2CCC(NC(=O)C3CCC3)CC2)s1. The van der Waals surface area contributed by atoms with Crippen molar-refractivity contribution in [1.29, 1.82) is 0 Å². The lowest BCUT2D eigenvalue weighted by molar-refractivity contribution is -0.128. The fourth-order valence-corrected chi connectivity index (χ4v) is 3.69. The Kier molecular flexibility index (Phi) is 4.42. The Morgan fingerprint density at radius 3 is 2.48 bits per heavy atom. The molecule has 1 saturated heterocycles. The quantitative estimate of drug-likeness (QED) is 0.928. The van der Waals surface area contributed by atoms with Crippen LogP contribution < -0.4 is 10.2 Å². The Balaban J connectivity index is 1.48. The molecule has 2 heterocycles. The summed E-state index contributed by atoms with van der Waals surface area (Å²) in [4.78, 5) is 14.3. The molecule has 21 heavy (non-hydrogen) atoms. The van der Waals surface area contributed by atoms with Crippen molar-refractivity contribution in [2.45, 2.75) is 57.9 Å². The van der Waals surface area contributed by atoms with E-state index in [9.17, 15) is 4.79 Å². The number of carbonyl (C=O) groups is 1. The maximum atomic E-state index is 12.0. The Bertz CT molecular complexity index is 490. The van der Waals surface area contributed by atoms with Crippen molar-refractivity contribution in [3.8, 4) is 0 Å². The third-order valence-corrected chi connectivity index (χ3v) is 5.80. The molecule has 0 unspecified atom stereocenters. The van der Waals surface area contributed by atoms with Crippen molar-refractivity contribution in [2.24, 2.45) is 5.92 Å². The van der Waals surface area contributed by atoms with Crippen molar-refractivity contribution in [3.05, 3.63) is 5.01 Å². The summed E-state index contributed by atoms with van der Waals surface area (Å²) in [7, 11) is 0. The highest BCUT2D eigenvalue weighted by atomic mass is 32.1. The van der Waals surface area contributed by atoms with E-state index in [1.807, 2.05) is 0 Å². The molecular weight excluding hydrogens is 284 g/mol. The van der Waals surface area contributed by atoms with E-state index in [0.717, 1.165) is 48.9 Å². The smallest absolute Gasteiger partial charge is 0.223 e. The van der Waals surface area contributed by atoms with Crippen LogP contribution in [0.15, 0.2) is 0 Å². The second-order valence-corrected chi connectivity index (χ2v) is 7.46. The van der Waals surface area contributed by atoms with Crippen LogP contribution in [0, 0.1) is 5.92 Å². The number of aromatic nitrogens is 2. The monoisotopic (exact) mass is 308 g/mol. The van der Waals surface area contributed by atoms with Gasteiger partial charge in [-0.1, -0.05) is 31.6 Å². The molecule has 0 spiro atoms. The van der Waals surface area contributed by atoms with E-state index in [2.05, 4.69) is 34.3 Å². The van der Waals surface area contributed by atoms with Crippen LogP contribution in [0.1, 0.15) is 56.9 Å². The first-order valence-electron chi connectivity index (χ1n) is 8.02. The first-order valence-corrected chi connectivity index (χ1v) is 8.84. The molecule has 0 radical (unpaired) electrons. The minimum Gasteiger partial charge on any atom is -0.353 e. The molecule has 116 valence electrons. The maximum absolute atomic E-state index is 12.0. The van der Waals surface area contributed by atoms with E-state index in [0.29, 0.717) is 17.9 Å². The molecule has 1 aliphatic heterocycles. The molecule has 1 aliphatic carbocycles. The van der Waals surface area contributed by atoms with Crippen LogP contribution in [0.25, 0.3) is 0 Å². The van der Waals surface area contributed by atoms with Crippen LogP contribution in [0.4, 0.5) is 5.13 Å². The number of anilines is 1. The van der Waals surface area contributed by atoms with Gasteiger partial charge in [0.1, 0.15) is 5.01 Å². The van der Waals surface area contributed by atoms with Crippen LogP contribution in [0.3, 0.4) is 0 Å². The van der Waals surface area contributed by atoms with E-state index >= 15 is 0 Å². The van der Waals surface area contributed by atoms with Gasteiger partial charge >= 0.3 is 0 Å². The first-order chi connectivity index (χ1) is 10.1. The Labute approximate surface area is 130 Å². The zero-order valence-corrected chi connectivity index (χ0v) is 13.7. The standard InChI is InChI=1S/C15H24N4OS/c1-10(2)14-17-18-15(21-14)19-8-6-12(7-9-19)16-13(20)11-4-3-5-11/h10-12H,3-9H2,1-2H3,(H,16,20). The van der Waals surface area contributed by atoms with Crippen LogP contribution >= 0.6 is 11.3 Å². The summed E-state index contributed by atoms with van der Waals surface area (Å²) >= 11 is 1.70. The Hall–Kier alpha value is -1.17. The third kappa shape index (κ3) is 3.36. The third-order valence-electron chi connectivity index (χ3n) is 4.51. The van der Waals surface area contributed by atoms with Gasteiger partial charge in [0.25, 0.3) is 0 Å². The van der Waals surface area contributed by atoms with E-state index in [-0.39, 0.29) is 5.91 Å². The minimum absolute atomic E-state index is 0.276. The van der Waals surface area contributed by atoms with Crippen LogP contribution in [0.2, 0.25) is 0 Å². The summed E-state index contributed by atoms with van der Waals surface area (Å²) in [6.45, 7) is 6.21. The van der Waals surface area contributed by atoms with Crippen LogP contribution in [-0.4, -0.2) is 35.2 Å². The summed E-state index contributed by atoms with van der Waals surface area (Å²) < 4.78 is 0. The van der Waals surface area contributed by atoms with Gasteiger partial charge in [-0.2, -0.15) is 0 Å². The van der Waals surface area contributed by atoms with Gasteiger partial charge in [-0.15, -0.1) is 10.2 Å². The topological polar surface area (TPSA) is 58.1 Å². The number of amides is 1. The summed E-state index contributed by atoms with van der Waals surface area (Å²) in [6, 6.07) is 0.340. The van der Waals surface area contributed by atoms with E-state index in [1.165, 1.54) is 6.42 Å². The predicted octanol–water partition coefficient (Wildman–Crippen LogP) is 2.55. The molecule has 1 N–H and O–H groups in total. The number of hydrogen-bond donors (Lipinski definition) is 1. The lowest BCUT2D eigenvalue weighted by Crippen LogP contribution is -2.47. The largest absolute Gasteiger partial charge is 0.353 e. The molecule has 0 atom stereocenters. The summed E-state index contributed by atoms with van der Waals surface area (Å²) in [5.41, 5.74) is 0. The molecule has 3 rings (SSSR count). The second-order valence-electron chi connectivity index (χ2n) is 6.48.